The molecule has 5 nitrogen and oxygen atoms in total. The summed E-state index contributed by atoms with van der Waals surface area (Å²) < 4.78 is 8.76. The summed E-state index contributed by atoms with van der Waals surface area (Å²) in [5.41, 5.74) is 19.1. The Morgan fingerprint density at radius 1 is 0.528 bits per heavy atom. The van der Waals surface area contributed by atoms with E-state index in [1.165, 1.54) is 11.1 Å². The van der Waals surface area contributed by atoms with Crippen molar-refractivity contribution in [1.82, 2.24) is 14.5 Å². The number of imidazole rings is 1. The molecule has 6 heteroatoms. The van der Waals surface area contributed by atoms with Crippen molar-refractivity contribution in [2.45, 2.75) is 119 Å². The zero-order chi connectivity index (χ0) is 50.5. The molecular weight excluding hydrogens is 1060 g/mol. The van der Waals surface area contributed by atoms with Crippen LogP contribution in [0.2, 0.25) is 0 Å². The van der Waals surface area contributed by atoms with Gasteiger partial charge in [0, 0.05) is 60.4 Å². The van der Waals surface area contributed by atoms with E-state index in [1.807, 2.05) is 18.3 Å². The Kier molecular flexibility index (Phi) is 12.7. The standard InChI is InChI=1S/C66H66N3O2.Pt/c1-39-48(47-28-29-51-50-23-18-19-26-57(50)71-61(51)40(47)2)31-32-67-58(39)43-33-42(34-45(35-43)64(6,7)8)49-24-20-25-56-59(49)68-62(53-37-46(65(9,10)11)38-54(60(53)70)66(12,13)14)69(56)55-30-27-44(63(3,4)5)36-52(55)41-21-16-15-17-22-41;/h15-32,34-38,70H,1-14H3;/q-1;. The number of benzene rings is 7. The molecule has 0 saturated heterocycles. The van der Waals surface area contributed by atoms with Crippen LogP contribution >= 0.6 is 0 Å². The van der Waals surface area contributed by atoms with Crippen LogP contribution in [0.15, 0.2) is 144 Å². The average molecular weight is 1130 g/mol. The number of furan rings is 1. The van der Waals surface area contributed by atoms with E-state index in [-0.39, 0.29) is 48.5 Å². The number of hydrogen-bond acceptors (Lipinski definition) is 4. The number of fused-ring (bicyclic) bond motifs is 4. The van der Waals surface area contributed by atoms with Crippen LogP contribution in [0.1, 0.15) is 116 Å². The van der Waals surface area contributed by atoms with E-state index < -0.39 is 0 Å². The second kappa shape index (κ2) is 18.2. The molecule has 72 heavy (non-hydrogen) atoms. The van der Waals surface area contributed by atoms with Crippen LogP contribution in [0, 0.1) is 19.9 Å². The second-order valence-electron chi connectivity index (χ2n) is 23.7. The Bertz CT molecular complexity index is 3710. The minimum Gasteiger partial charge on any atom is -0.507 e. The summed E-state index contributed by atoms with van der Waals surface area (Å²) in [6.45, 7) is 31.1. The predicted molar refractivity (Wildman–Crippen MR) is 298 cm³/mol. The number of rotatable bonds is 6. The van der Waals surface area contributed by atoms with E-state index in [4.69, 9.17) is 14.4 Å². The number of aromatic nitrogens is 3. The number of phenols is 1. The van der Waals surface area contributed by atoms with E-state index in [0.717, 1.165) is 106 Å². The van der Waals surface area contributed by atoms with E-state index in [2.05, 4.69) is 229 Å². The van der Waals surface area contributed by atoms with Gasteiger partial charge in [-0.15, -0.1) is 29.3 Å². The molecule has 0 unspecified atom stereocenters. The smallest absolute Gasteiger partial charge is 0.148 e. The first-order chi connectivity index (χ1) is 33.5. The molecule has 10 rings (SSSR count). The van der Waals surface area contributed by atoms with Crippen molar-refractivity contribution in [3.05, 3.63) is 179 Å². The van der Waals surface area contributed by atoms with Gasteiger partial charge in [-0.05, 0) is 106 Å². The molecule has 0 spiro atoms. The number of aryl methyl sites for hydroxylation is 1. The number of para-hydroxylation sites is 2. The van der Waals surface area contributed by atoms with Gasteiger partial charge in [-0.2, -0.15) is 0 Å². The summed E-state index contributed by atoms with van der Waals surface area (Å²) >= 11 is 0. The van der Waals surface area contributed by atoms with Crippen molar-refractivity contribution in [2.24, 2.45) is 0 Å². The zero-order valence-electron chi connectivity index (χ0n) is 44.3. The zero-order valence-corrected chi connectivity index (χ0v) is 46.6. The maximum atomic E-state index is 12.6. The first-order valence-corrected chi connectivity index (χ1v) is 25.0. The van der Waals surface area contributed by atoms with Gasteiger partial charge in [0.05, 0.1) is 22.3 Å². The van der Waals surface area contributed by atoms with Crippen LogP contribution in [-0.2, 0) is 42.7 Å². The predicted octanol–water partition coefficient (Wildman–Crippen LogP) is 18.0. The summed E-state index contributed by atoms with van der Waals surface area (Å²) in [4.78, 5) is 10.8. The topological polar surface area (TPSA) is 64.1 Å². The van der Waals surface area contributed by atoms with Crippen LogP contribution in [0.4, 0.5) is 0 Å². The minimum atomic E-state index is -0.341. The van der Waals surface area contributed by atoms with Crippen LogP contribution in [0.5, 0.6) is 5.75 Å². The summed E-state index contributed by atoms with van der Waals surface area (Å²) in [5.74, 6) is 0.923. The van der Waals surface area contributed by atoms with E-state index in [1.54, 1.807) is 0 Å². The van der Waals surface area contributed by atoms with Gasteiger partial charge in [0.15, 0.2) is 0 Å². The first kappa shape index (κ1) is 50.4. The molecule has 0 atom stereocenters. The fourth-order valence-electron chi connectivity index (χ4n) is 10.2. The molecule has 0 bridgehead atoms. The fourth-order valence-corrected chi connectivity index (χ4v) is 10.2. The molecule has 0 fully saturated rings. The molecule has 7 aromatic carbocycles. The van der Waals surface area contributed by atoms with Crippen molar-refractivity contribution >= 4 is 33.0 Å². The van der Waals surface area contributed by atoms with E-state index in [0.29, 0.717) is 11.4 Å². The molecular formula is C66H66N3O2Pt-. The molecule has 0 aliphatic carbocycles. The van der Waals surface area contributed by atoms with Gasteiger partial charge in [-0.1, -0.05) is 179 Å². The maximum absolute atomic E-state index is 12.6. The van der Waals surface area contributed by atoms with E-state index in [9.17, 15) is 5.11 Å². The fraction of sp³-hybridized carbons (Fsp3) is 0.273. The van der Waals surface area contributed by atoms with Gasteiger partial charge in [-0.25, -0.2) is 4.98 Å². The van der Waals surface area contributed by atoms with Gasteiger partial charge in [0.2, 0.25) is 0 Å². The quantitative estimate of drug-likeness (QED) is 0.169. The van der Waals surface area contributed by atoms with Gasteiger partial charge in [0.25, 0.3) is 0 Å². The number of pyridine rings is 1. The Hall–Kier alpha value is -6.55. The monoisotopic (exact) mass is 1130 g/mol. The first-order valence-electron chi connectivity index (χ1n) is 25.0. The molecule has 368 valence electrons. The minimum absolute atomic E-state index is 0. The van der Waals surface area contributed by atoms with Crippen LogP contribution in [0.3, 0.4) is 0 Å². The van der Waals surface area contributed by atoms with Crippen molar-refractivity contribution in [3.8, 4) is 67.5 Å². The average Bonchev–Trinajstić information content (AvgIpc) is 3.90. The number of hydrogen-bond donors (Lipinski definition) is 1. The molecule has 1 N–H and O–H groups in total. The van der Waals surface area contributed by atoms with Gasteiger partial charge >= 0.3 is 0 Å². The molecule has 10 aromatic rings. The van der Waals surface area contributed by atoms with Crippen molar-refractivity contribution in [2.75, 3.05) is 0 Å². The van der Waals surface area contributed by atoms with Crippen LogP contribution in [0.25, 0.3) is 94.7 Å². The summed E-state index contributed by atoms with van der Waals surface area (Å²) in [6, 6.07) is 51.5. The second-order valence-corrected chi connectivity index (χ2v) is 23.7. The third-order valence-electron chi connectivity index (χ3n) is 14.5. The molecule has 3 heterocycles. The van der Waals surface area contributed by atoms with Gasteiger partial charge in [-0.3, -0.25) is 9.55 Å². The number of nitrogens with zero attached hydrogens (tertiary/aromatic N) is 3. The molecule has 0 radical (unpaired) electrons. The summed E-state index contributed by atoms with van der Waals surface area (Å²) in [6.07, 6.45) is 1.92. The molecule has 0 saturated carbocycles. The maximum Gasteiger partial charge on any atom is 0.148 e. The third-order valence-corrected chi connectivity index (χ3v) is 14.5. The number of aromatic hydroxyl groups is 1. The molecule has 3 aromatic heterocycles. The van der Waals surface area contributed by atoms with Crippen LogP contribution < -0.4 is 0 Å². The third kappa shape index (κ3) is 8.93. The number of phenolic OH excluding ortho intramolecular Hbond substituents is 1. The summed E-state index contributed by atoms with van der Waals surface area (Å²) in [5, 5.41) is 14.9. The molecule has 0 amide bonds. The van der Waals surface area contributed by atoms with Gasteiger partial charge < -0.3 is 9.52 Å². The van der Waals surface area contributed by atoms with Crippen molar-refractivity contribution < 1.29 is 30.6 Å². The summed E-state index contributed by atoms with van der Waals surface area (Å²) in [7, 11) is 0. The van der Waals surface area contributed by atoms with Gasteiger partial charge in [0.1, 0.15) is 22.7 Å². The largest absolute Gasteiger partial charge is 0.507 e. The Morgan fingerprint density at radius 2 is 1.17 bits per heavy atom. The van der Waals surface area contributed by atoms with Crippen molar-refractivity contribution in [3.63, 3.8) is 0 Å². The normalized spacial score (nSPS) is 12.5. The molecule has 0 aliphatic heterocycles. The SMILES string of the molecule is Cc1c(-c2ccc3c(oc4ccccc43)c2C)ccnc1-c1[c-]c(-c2cccc3c2nc(-c2cc(C(C)(C)C)cc(C(C)(C)C)c2O)n3-c2ccc(C(C)(C)C)cc2-c2ccccc2)cc(C(C)(C)C)c1.[Pt]. The Morgan fingerprint density at radius 3 is 1.86 bits per heavy atom. The Labute approximate surface area is 440 Å². The van der Waals surface area contributed by atoms with Crippen molar-refractivity contribution in [1.29, 1.82) is 0 Å². The van der Waals surface area contributed by atoms with E-state index >= 15 is 0 Å². The Balaban J connectivity index is 0.00000640. The molecule has 0 aliphatic rings. The van der Waals surface area contributed by atoms with Crippen LogP contribution in [-0.4, -0.2) is 19.6 Å².